The number of nitrogens with zero attached hydrogens (tertiary/aromatic N) is 2. The summed E-state index contributed by atoms with van der Waals surface area (Å²) in [6, 6.07) is 9.59. The Bertz CT molecular complexity index is 529. The molecule has 0 aliphatic carbocycles. The molecule has 6 heteroatoms. The van der Waals surface area contributed by atoms with Gasteiger partial charge in [-0.05, 0) is 18.2 Å². The summed E-state index contributed by atoms with van der Waals surface area (Å²) >= 11 is 3.41. The predicted molar refractivity (Wildman–Crippen MR) is 73.4 cm³/mol. The second-order valence-corrected chi connectivity index (χ2v) is 4.30. The van der Waals surface area contributed by atoms with Crippen LogP contribution in [0.4, 0.5) is 23.3 Å². The van der Waals surface area contributed by atoms with E-state index in [1.54, 1.807) is 13.1 Å². The first-order valence-electron chi connectivity index (χ1n) is 5.02. The van der Waals surface area contributed by atoms with E-state index < -0.39 is 0 Å². The monoisotopic (exact) mass is 293 g/mol. The Morgan fingerprint density at radius 3 is 2.65 bits per heavy atom. The summed E-state index contributed by atoms with van der Waals surface area (Å²) < 4.78 is 0.998. The van der Waals surface area contributed by atoms with Gasteiger partial charge in [-0.15, -0.1) is 0 Å². The number of anilines is 4. The topological polar surface area (TPSA) is 75.9 Å². The maximum atomic E-state index is 5.61. The number of halogens is 1. The van der Waals surface area contributed by atoms with Crippen LogP contribution >= 0.6 is 15.9 Å². The second-order valence-electron chi connectivity index (χ2n) is 3.38. The summed E-state index contributed by atoms with van der Waals surface area (Å²) in [4.78, 5) is 8.12. The van der Waals surface area contributed by atoms with Crippen LogP contribution in [0.25, 0.3) is 0 Å². The number of nitrogens with one attached hydrogen (secondary N) is 2. The fourth-order valence-electron chi connectivity index (χ4n) is 1.37. The lowest BCUT2D eigenvalue weighted by Crippen LogP contribution is -2.03. The van der Waals surface area contributed by atoms with Crippen LogP contribution in [-0.4, -0.2) is 17.0 Å². The summed E-state index contributed by atoms with van der Waals surface area (Å²) in [6.07, 6.45) is 0. The largest absolute Gasteiger partial charge is 0.373 e. The van der Waals surface area contributed by atoms with Crippen LogP contribution in [0.2, 0.25) is 0 Å². The normalized spacial score (nSPS) is 10.0. The van der Waals surface area contributed by atoms with E-state index in [1.807, 2.05) is 24.3 Å². The summed E-state index contributed by atoms with van der Waals surface area (Å²) in [5.74, 6) is 1.56. The lowest BCUT2D eigenvalue weighted by molar-refractivity contribution is 1.17. The highest BCUT2D eigenvalue weighted by Gasteiger charge is 2.01. The van der Waals surface area contributed by atoms with Gasteiger partial charge in [0.15, 0.2) is 0 Å². The van der Waals surface area contributed by atoms with Crippen molar-refractivity contribution in [3.8, 4) is 0 Å². The third-order valence-corrected chi connectivity index (χ3v) is 2.59. The number of hydrogen-bond acceptors (Lipinski definition) is 5. The molecule has 0 aliphatic heterocycles. The van der Waals surface area contributed by atoms with Crippen LogP contribution in [0.15, 0.2) is 34.8 Å². The van der Waals surface area contributed by atoms with Crippen LogP contribution in [0.1, 0.15) is 0 Å². The van der Waals surface area contributed by atoms with E-state index in [1.165, 1.54) is 0 Å². The molecule has 0 saturated heterocycles. The minimum atomic E-state index is 0.231. The van der Waals surface area contributed by atoms with Crippen molar-refractivity contribution >= 4 is 39.2 Å². The standard InChI is InChI=1S/C11H12BrN5/c1-14-9-6-10(17-11(13)16-9)15-8-4-2-3-7(12)5-8/h2-6H,1H3,(H4,13,14,15,16,17). The molecule has 0 spiro atoms. The third kappa shape index (κ3) is 3.07. The molecule has 5 nitrogen and oxygen atoms in total. The van der Waals surface area contributed by atoms with E-state index in [9.17, 15) is 0 Å². The Kier molecular flexibility index (Phi) is 3.43. The van der Waals surface area contributed by atoms with E-state index >= 15 is 0 Å². The first-order valence-corrected chi connectivity index (χ1v) is 5.81. The van der Waals surface area contributed by atoms with E-state index in [0.717, 1.165) is 10.2 Å². The van der Waals surface area contributed by atoms with Gasteiger partial charge in [0.1, 0.15) is 11.6 Å². The molecule has 17 heavy (non-hydrogen) atoms. The number of aromatic nitrogens is 2. The molecule has 4 N–H and O–H groups in total. The van der Waals surface area contributed by atoms with Crippen LogP contribution in [0.3, 0.4) is 0 Å². The zero-order chi connectivity index (χ0) is 12.3. The predicted octanol–water partition coefficient (Wildman–Crippen LogP) is 2.61. The molecular formula is C11H12BrN5. The third-order valence-electron chi connectivity index (χ3n) is 2.10. The van der Waals surface area contributed by atoms with Gasteiger partial charge in [-0.2, -0.15) is 9.97 Å². The maximum absolute atomic E-state index is 5.61. The highest BCUT2D eigenvalue weighted by atomic mass is 79.9. The molecule has 0 aliphatic rings. The molecule has 0 saturated carbocycles. The van der Waals surface area contributed by atoms with E-state index in [4.69, 9.17) is 5.73 Å². The van der Waals surface area contributed by atoms with Crippen molar-refractivity contribution in [1.29, 1.82) is 0 Å². The molecule has 0 bridgehead atoms. The van der Waals surface area contributed by atoms with Gasteiger partial charge in [0.25, 0.3) is 0 Å². The van der Waals surface area contributed by atoms with Crippen LogP contribution in [0.5, 0.6) is 0 Å². The zero-order valence-corrected chi connectivity index (χ0v) is 10.8. The maximum Gasteiger partial charge on any atom is 0.223 e. The van der Waals surface area contributed by atoms with Gasteiger partial charge >= 0.3 is 0 Å². The molecular weight excluding hydrogens is 282 g/mol. The van der Waals surface area contributed by atoms with E-state index in [0.29, 0.717) is 11.6 Å². The Balaban J connectivity index is 2.26. The molecule has 1 heterocycles. The smallest absolute Gasteiger partial charge is 0.223 e. The Morgan fingerprint density at radius 2 is 1.94 bits per heavy atom. The van der Waals surface area contributed by atoms with Gasteiger partial charge < -0.3 is 16.4 Å². The Morgan fingerprint density at radius 1 is 1.18 bits per heavy atom. The quantitative estimate of drug-likeness (QED) is 0.811. The number of benzene rings is 1. The molecule has 1 aromatic heterocycles. The van der Waals surface area contributed by atoms with Crippen LogP contribution in [-0.2, 0) is 0 Å². The average molecular weight is 294 g/mol. The highest BCUT2D eigenvalue weighted by Crippen LogP contribution is 2.20. The van der Waals surface area contributed by atoms with Gasteiger partial charge in [0.05, 0.1) is 0 Å². The highest BCUT2D eigenvalue weighted by molar-refractivity contribution is 9.10. The first kappa shape index (κ1) is 11.7. The fraction of sp³-hybridized carbons (Fsp3) is 0.0909. The number of hydrogen-bond donors (Lipinski definition) is 3. The van der Waals surface area contributed by atoms with Crippen molar-refractivity contribution in [3.63, 3.8) is 0 Å². The lowest BCUT2D eigenvalue weighted by Gasteiger charge is -2.08. The van der Waals surface area contributed by atoms with Gasteiger partial charge in [0.2, 0.25) is 5.95 Å². The molecule has 1 aromatic carbocycles. The Hall–Kier alpha value is -1.82. The van der Waals surface area contributed by atoms with E-state index in [-0.39, 0.29) is 5.95 Å². The average Bonchev–Trinajstić information content (AvgIpc) is 2.28. The number of rotatable bonds is 3. The minimum absolute atomic E-state index is 0.231. The van der Waals surface area contributed by atoms with Crippen molar-refractivity contribution in [2.24, 2.45) is 0 Å². The SMILES string of the molecule is CNc1cc(Nc2cccc(Br)c2)nc(N)n1. The zero-order valence-electron chi connectivity index (χ0n) is 9.24. The van der Waals surface area contributed by atoms with Gasteiger partial charge in [-0.1, -0.05) is 22.0 Å². The van der Waals surface area contributed by atoms with Crippen molar-refractivity contribution in [3.05, 3.63) is 34.8 Å². The molecule has 88 valence electrons. The molecule has 0 radical (unpaired) electrons. The van der Waals surface area contributed by atoms with Gasteiger partial charge in [-0.3, -0.25) is 0 Å². The molecule has 0 atom stereocenters. The summed E-state index contributed by atoms with van der Waals surface area (Å²) in [5.41, 5.74) is 6.54. The Labute approximate surface area is 108 Å². The van der Waals surface area contributed by atoms with Crippen molar-refractivity contribution in [2.75, 3.05) is 23.4 Å². The van der Waals surface area contributed by atoms with Crippen LogP contribution in [0, 0.1) is 0 Å². The van der Waals surface area contributed by atoms with E-state index in [2.05, 4.69) is 36.5 Å². The van der Waals surface area contributed by atoms with Crippen molar-refractivity contribution in [1.82, 2.24) is 9.97 Å². The molecule has 0 amide bonds. The summed E-state index contributed by atoms with van der Waals surface area (Å²) in [7, 11) is 1.78. The number of nitrogens with two attached hydrogens (primary N) is 1. The second kappa shape index (κ2) is 5.01. The molecule has 2 aromatic rings. The van der Waals surface area contributed by atoms with Gasteiger partial charge in [0, 0.05) is 23.3 Å². The van der Waals surface area contributed by atoms with Gasteiger partial charge in [-0.25, -0.2) is 0 Å². The fourth-order valence-corrected chi connectivity index (χ4v) is 1.77. The van der Waals surface area contributed by atoms with Crippen molar-refractivity contribution in [2.45, 2.75) is 0 Å². The van der Waals surface area contributed by atoms with Crippen molar-refractivity contribution < 1.29 is 0 Å². The first-order chi connectivity index (χ1) is 8.17. The van der Waals surface area contributed by atoms with Crippen LogP contribution < -0.4 is 16.4 Å². The molecule has 0 fully saturated rings. The molecule has 0 unspecified atom stereocenters. The summed E-state index contributed by atoms with van der Waals surface area (Å²) in [5, 5.41) is 6.08. The summed E-state index contributed by atoms with van der Waals surface area (Å²) in [6.45, 7) is 0. The number of nitrogen functional groups attached to an aromatic ring is 1. The lowest BCUT2D eigenvalue weighted by atomic mass is 10.3. The minimum Gasteiger partial charge on any atom is -0.373 e. The molecule has 2 rings (SSSR count).